The maximum absolute atomic E-state index is 12.1. The van der Waals surface area contributed by atoms with Gasteiger partial charge in [-0.05, 0) is 64.1 Å². The summed E-state index contributed by atoms with van der Waals surface area (Å²) in [5, 5.41) is 5.95. The Kier molecular flexibility index (Phi) is 6.69. The zero-order valence-corrected chi connectivity index (χ0v) is 15.2. The Hall–Kier alpha value is -2.69. The second-order valence-electron chi connectivity index (χ2n) is 6.29. The van der Waals surface area contributed by atoms with E-state index in [1.165, 1.54) is 0 Å². The second kappa shape index (κ2) is 8.97. The molecule has 0 unspecified atom stereocenters. The summed E-state index contributed by atoms with van der Waals surface area (Å²) in [6.07, 6.45) is 0.237. The zero-order valence-electron chi connectivity index (χ0n) is 15.2. The van der Waals surface area contributed by atoms with Crippen molar-refractivity contribution in [2.45, 2.75) is 39.9 Å². The largest absolute Gasteiger partial charge is 0.491 e. The molecule has 0 aromatic heterocycles. The number of ether oxygens (including phenoxy) is 2. The minimum Gasteiger partial charge on any atom is -0.491 e. The lowest BCUT2D eigenvalue weighted by Gasteiger charge is -2.12. The van der Waals surface area contributed by atoms with Crippen molar-refractivity contribution in [1.29, 1.82) is 0 Å². The molecule has 134 valence electrons. The van der Waals surface area contributed by atoms with Crippen LogP contribution in [0.1, 0.15) is 27.7 Å². The number of carbonyl (C=O) groups excluding carboxylic acids is 1. The van der Waals surface area contributed by atoms with Crippen LogP contribution in [0.2, 0.25) is 0 Å². The molecule has 0 aliphatic rings. The molecule has 2 N–H and O–H groups in total. The fourth-order valence-electron chi connectivity index (χ4n) is 2.23. The van der Waals surface area contributed by atoms with E-state index in [0.717, 1.165) is 22.9 Å². The summed E-state index contributed by atoms with van der Waals surface area (Å²) in [6.45, 7) is 8.08. The predicted octanol–water partition coefficient (Wildman–Crippen LogP) is 4.31. The quantitative estimate of drug-likeness (QED) is 0.750. The molecule has 0 atom stereocenters. The summed E-state index contributed by atoms with van der Waals surface area (Å²) in [4.78, 5) is 12.1. The van der Waals surface area contributed by atoms with Crippen molar-refractivity contribution in [3.63, 3.8) is 0 Å². The van der Waals surface area contributed by atoms with Gasteiger partial charge in [-0.3, -0.25) is 4.79 Å². The maximum Gasteiger partial charge on any atom is 0.243 e. The second-order valence-corrected chi connectivity index (χ2v) is 6.29. The van der Waals surface area contributed by atoms with Gasteiger partial charge in [0.05, 0.1) is 18.8 Å². The highest BCUT2D eigenvalue weighted by Gasteiger charge is 2.05. The molecule has 0 bridgehead atoms. The standard InChI is InChI=1S/C20H26N2O3/c1-14(2)24-18-10-8-16(9-11-18)22-20(23)13-21-17-6-5-7-19(12-17)25-15(3)4/h5-12,14-15,21H,13H2,1-4H3,(H,22,23). The van der Waals surface area contributed by atoms with Crippen LogP contribution in [0.4, 0.5) is 11.4 Å². The van der Waals surface area contributed by atoms with Gasteiger partial charge in [0.1, 0.15) is 11.5 Å². The molecule has 5 nitrogen and oxygen atoms in total. The van der Waals surface area contributed by atoms with Gasteiger partial charge in [0.2, 0.25) is 5.91 Å². The summed E-state index contributed by atoms with van der Waals surface area (Å²) in [5.74, 6) is 1.45. The maximum atomic E-state index is 12.1. The first-order valence-corrected chi connectivity index (χ1v) is 8.49. The average molecular weight is 342 g/mol. The lowest BCUT2D eigenvalue weighted by Crippen LogP contribution is -2.21. The highest BCUT2D eigenvalue weighted by Crippen LogP contribution is 2.19. The van der Waals surface area contributed by atoms with Gasteiger partial charge in [-0.25, -0.2) is 0 Å². The monoisotopic (exact) mass is 342 g/mol. The molecule has 0 heterocycles. The van der Waals surface area contributed by atoms with Crippen LogP contribution in [0.5, 0.6) is 11.5 Å². The molecule has 0 fully saturated rings. The van der Waals surface area contributed by atoms with E-state index >= 15 is 0 Å². The van der Waals surface area contributed by atoms with Gasteiger partial charge in [-0.1, -0.05) is 6.07 Å². The Morgan fingerprint density at radius 1 is 0.880 bits per heavy atom. The van der Waals surface area contributed by atoms with Crippen molar-refractivity contribution in [1.82, 2.24) is 0 Å². The van der Waals surface area contributed by atoms with Gasteiger partial charge in [-0.2, -0.15) is 0 Å². The summed E-state index contributed by atoms with van der Waals surface area (Å²) in [7, 11) is 0. The molecule has 25 heavy (non-hydrogen) atoms. The van der Waals surface area contributed by atoms with Crippen LogP contribution in [0, 0.1) is 0 Å². The lowest BCUT2D eigenvalue weighted by molar-refractivity contribution is -0.114. The van der Waals surface area contributed by atoms with Crippen LogP contribution >= 0.6 is 0 Å². The first-order valence-electron chi connectivity index (χ1n) is 8.49. The van der Waals surface area contributed by atoms with Gasteiger partial charge in [0, 0.05) is 17.4 Å². The van der Waals surface area contributed by atoms with Crippen molar-refractivity contribution in [3.05, 3.63) is 48.5 Å². The third-order valence-corrected chi connectivity index (χ3v) is 3.17. The number of rotatable bonds is 8. The Morgan fingerprint density at radius 3 is 2.16 bits per heavy atom. The number of nitrogens with one attached hydrogen (secondary N) is 2. The Morgan fingerprint density at radius 2 is 1.52 bits per heavy atom. The molecule has 0 saturated heterocycles. The zero-order chi connectivity index (χ0) is 18.2. The molecule has 2 aromatic rings. The van der Waals surface area contributed by atoms with E-state index in [-0.39, 0.29) is 24.7 Å². The Balaban J connectivity index is 1.84. The number of amides is 1. The molecule has 0 spiro atoms. The molecule has 0 aliphatic heterocycles. The molecule has 2 aromatic carbocycles. The summed E-state index contributed by atoms with van der Waals surface area (Å²) >= 11 is 0. The Labute approximate surface area is 149 Å². The first kappa shape index (κ1) is 18.6. The average Bonchev–Trinajstić information content (AvgIpc) is 2.54. The number of benzene rings is 2. The van der Waals surface area contributed by atoms with Crippen LogP contribution in [-0.2, 0) is 4.79 Å². The van der Waals surface area contributed by atoms with E-state index in [0.29, 0.717) is 0 Å². The summed E-state index contributed by atoms with van der Waals surface area (Å²) in [5.41, 5.74) is 1.58. The van der Waals surface area contributed by atoms with Gasteiger partial charge in [0.15, 0.2) is 0 Å². The topological polar surface area (TPSA) is 59.6 Å². The SMILES string of the molecule is CC(C)Oc1ccc(NC(=O)CNc2cccc(OC(C)C)c2)cc1. The fraction of sp³-hybridized carbons (Fsp3) is 0.350. The molecule has 0 aliphatic carbocycles. The van der Waals surface area contributed by atoms with Crippen molar-refractivity contribution in [3.8, 4) is 11.5 Å². The van der Waals surface area contributed by atoms with E-state index < -0.39 is 0 Å². The molecular weight excluding hydrogens is 316 g/mol. The van der Waals surface area contributed by atoms with Crippen molar-refractivity contribution < 1.29 is 14.3 Å². The van der Waals surface area contributed by atoms with Crippen LogP contribution < -0.4 is 20.1 Å². The predicted molar refractivity (Wildman–Crippen MR) is 102 cm³/mol. The normalized spacial score (nSPS) is 10.6. The van der Waals surface area contributed by atoms with Crippen LogP contribution in [0.15, 0.2) is 48.5 Å². The van der Waals surface area contributed by atoms with Crippen molar-refractivity contribution >= 4 is 17.3 Å². The number of carbonyl (C=O) groups is 1. The molecule has 2 rings (SSSR count). The van der Waals surface area contributed by atoms with Crippen LogP contribution in [0.3, 0.4) is 0 Å². The fourth-order valence-corrected chi connectivity index (χ4v) is 2.23. The molecule has 0 radical (unpaired) electrons. The smallest absolute Gasteiger partial charge is 0.243 e. The number of hydrogen-bond acceptors (Lipinski definition) is 4. The van der Waals surface area contributed by atoms with E-state index in [1.807, 2.05) is 76.2 Å². The van der Waals surface area contributed by atoms with E-state index in [2.05, 4.69) is 10.6 Å². The number of anilines is 2. The van der Waals surface area contributed by atoms with E-state index in [1.54, 1.807) is 0 Å². The van der Waals surface area contributed by atoms with E-state index in [9.17, 15) is 4.79 Å². The highest BCUT2D eigenvalue weighted by atomic mass is 16.5. The van der Waals surface area contributed by atoms with Gasteiger partial charge in [0.25, 0.3) is 0 Å². The minimum atomic E-state index is -0.118. The first-order chi connectivity index (χ1) is 11.9. The minimum absolute atomic E-state index is 0.112. The summed E-state index contributed by atoms with van der Waals surface area (Å²) in [6, 6.07) is 14.9. The highest BCUT2D eigenvalue weighted by molar-refractivity contribution is 5.93. The van der Waals surface area contributed by atoms with Crippen molar-refractivity contribution in [2.24, 2.45) is 0 Å². The third kappa shape index (κ3) is 6.75. The van der Waals surface area contributed by atoms with Crippen LogP contribution in [0.25, 0.3) is 0 Å². The molecule has 1 amide bonds. The van der Waals surface area contributed by atoms with Crippen molar-refractivity contribution in [2.75, 3.05) is 17.2 Å². The molecular formula is C20H26N2O3. The number of hydrogen-bond donors (Lipinski definition) is 2. The van der Waals surface area contributed by atoms with Crippen LogP contribution in [-0.4, -0.2) is 24.7 Å². The summed E-state index contributed by atoms with van der Waals surface area (Å²) < 4.78 is 11.2. The lowest BCUT2D eigenvalue weighted by atomic mass is 10.3. The van der Waals surface area contributed by atoms with Gasteiger partial charge >= 0.3 is 0 Å². The Bertz CT molecular complexity index is 682. The van der Waals surface area contributed by atoms with Gasteiger partial charge < -0.3 is 20.1 Å². The molecule has 5 heteroatoms. The third-order valence-electron chi connectivity index (χ3n) is 3.17. The van der Waals surface area contributed by atoms with Gasteiger partial charge in [-0.15, -0.1) is 0 Å². The van der Waals surface area contributed by atoms with E-state index in [4.69, 9.17) is 9.47 Å². The molecule has 0 saturated carbocycles.